The molecule has 5 nitrogen and oxygen atoms in total. The normalized spacial score (nSPS) is 11.9. The zero-order chi connectivity index (χ0) is 39.5. The molecular formula is C54H36N4OPd. The molecule has 8 aromatic carbocycles. The Bertz CT molecular complexity index is 3680. The molecule has 0 unspecified atom stereocenters. The Hall–Kier alpha value is -6.84. The fourth-order valence-corrected chi connectivity index (χ4v) is 9.66. The van der Waals surface area contributed by atoms with Gasteiger partial charge in [-0.3, -0.25) is 9.97 Å². The number of nitrogens with zero attached hydrogens (tertiary/aromatic N) is 4. The van der Waals surface area contributed by atoms with Gasteiger partial charge in [-0.1, -0.05) is 137 Å². The fraction of sp³-hybridized carbons (Fsp3) is 0.0741. The van der Waals surface area contributed by atoms with Gasteiger partial charge < -0.3 is 13.5 Å². The number of pyridine rings is 2. The SMILES string of the molecule is Cc1cccc(C)c1-c1ccc2c(c1)c1ccc(Oc3[c-]c4c(cc3)c3cccc(-c5c(C)cccc5C)c3n3c5ccccc5nc43)[c-]c1c1nc3ccccc3n21.[Pd+2]. The van der Waals surface area contributed by atoms with Crippen LogP contribution in [0.1, 0.15) is 22.3 Å². The monoisotopic (exact) mass is 862 g/mol. The third-order valence-electron chi connectivity index (χ3n) is 12.2. The van der Waals surface area contributed by atoms with Gasteiger partial charge in [0.1, 0.15) is 0 Å². The van der Waals surface area contributed by atoms with Crippen LogP contribution in [-0.2, 0) is 20.4 Å². The summed E-state index contributed by atoms with van der Waals surface area (Å²) in [5.41, 5.74) is 17.8. The van der Waals surface area contributed by atoms with E-state index in [1.165, 1.54) is 44.5 Å². The molecule has 0 spiro atoms. The zero-order valence-corrected chi connectivity index (χ0v) is 34.9. The molecule has 60 heavy (non-hydrogen) atoms. The van der Waals surface area contributed by atoms with Gasteiger partial charge in [0.25, 0.3) is 0 Å². The van der Waals surface area contributed by atoms with E-state index in [0.29, 0.717) is 11.5 Å². The summed E-state index contributed by atoms with van der Waals surface area (Å²) >= 11 is 0. The molecule has 0 aliphatic heterocycles. The predicted molar refractivity (Wildman–Crippen MR) is 243 cm³/mol. The Morgan fingerprint density at radius 1 is 0.450 bits per heavy atom. The third-order valence-corrected chi connectivity index (χ3v) is 12.2. The van der Waals surface area contributed by atoms with Crippen molar-refractivity contribution in [3.05, 3.63) is 180 Å². The molecule has 288 valence electrons. The predicted octanol–water partition coefficient (Wildman–Crippen LogP) is 13.9. The molecule has 0 radical (unpaired) electrons. The number of para-hydroxylation sites is 5. The van der Waals surface area contributed by atoms with Gasteiger partial charge >= 0.3 is 20.4 Å². The standard InChI is InChI=1S/C54H36N4O.Pd/c1-31-12-9-13-32(2)50(31)35-22-27-47-42(28-35)39-26-24-37(30-44(39)53-55-45-18-5-7-20-48(45)57(47)53)59-36-23-25-38-40-16-11-17-41(51-33(3)14-10-15-34(51)4)52(40)58-49-21-8-6-19-46(49)56-54(58)43(38)29-36;/h5-28H,1-4H3;/q-2;+2. The number of hydrogen-bond donors (Lipinski definition) is 0. The Morgan fingerprint density at radius 3 is 1.62 bits per heavy atom. The van der Waals surface area contributed by atoms with Crippen LogP contribution in [0, 0.1) is 39.8 Å². The molecule has 6 heteroatoms. The fourth-order valence-electron chi connectivity index (χ4n) is 9.66. The summed E-state index contributed by atoms with van der Waals surface area (Å²) in [6.45, 7) is 8.76. The summed E-state index contributed by atoms with van der Waals surface area (Å²) in [6.07, 6.45) is 0. The zero-order valence-electron chi connectivity index (χ0n) is 33.4. The molecule has 0 saturated carbocycles. The second kappa shape index (κ2) is 13.6. The number of hydrogen-bond acceptors (Lipinski definition) is 3. The quantitative estimate of drug-likeness (QED) is 0.101. The smallest absolute Gasteiger partial charge is 0.497 e. The Kier molecular flexibility index (Phi) is 8.22. The van der Waals surface area contributed by atoms with E-state index in [4.69, 9.17) is 14.7 Å². The van der Waals surface area contributed by atoms with Crippen LogP contribution in [-0.4, -0.2) is 18.8 Å². The third kappa shape index (κ3) is 5.28. The second-order valence-electron chi connectivity index (χ2n) is 15.8. The van der Waals surface area contributed by atoms with Crippen molar-refractivity contribution in [2.75, 3.05) is 0 Å². The van der Waals surface area contributed by atoms with Gasteiger partial charge in [0.2, 0.25) is 0 Å². The molecule has 0 aliphatic rings. The first-order valence-electron chi connectivity index (χ1n) is 20.1. The van der Waals surface area contributed by atoms with Crippen LogP contribution in [0.2, 0.25) is 0 Å². The van der Waals surface area contributed by atoms with Crippen molar-refractivity contribution in [1.29, 1.82) is 0 Å². The number of rotatable bonds is 4. The second-order valence-corrected chi connectivity index (χ2v) is 15.8. The number of benzene rings is 8. The first kappa shape index (κ1) is 36.3. The van der Waals surface area contributed by atoms with Crippen molar-refractivity contribution in [3.8, 4) is 33.8 Å². The average molecular weight is 863 g/mol. The minimum Gasteiger partial charge on any atom is -0.497 e. The minimum absolute atomic E-state index is 0. The van der Waals surface area contributed by atoms with Crippen LogP contribution in [0.3, 0.4) is 0 Å². The molecule has 0 aliphatic carbocycles. The van der Waals surface area contributed by atoms with Gasteiger partial charge in [-0.2, -0.15) is 0 Å². The number of aryl methyl sites for hydroxylation is 4. The Labute approximate surface area is 360 Å². The van der Waals surface area contributed by atoms with Crippen molar-refractivity contribution in [3.63, 3.8) is 0 Å². The van der Waals surface area contributed by atoms with E-state index < -0.39 is 0 Å². The van der Waals surface area contributed by atoms with Crippen LogP contribution in [0.4, 0.5) is 0 Å². The molecule has 4 heterocycles. The van der Waals surface area contributed by atoms with Crippen molar-refractivity contribution >= 4 is 76.7 Å². The summed E-state index contributed by atoms with van der Waals surface area (Å²) < 4.78 is 11.3. The Morgan fingerprint density at radius 2 is 0.983 bits per heavy atom. The maximum atomic E-state index is 6.73. The van der Waals surface area contributed by atoms with Crippen LogP contribution in [0.5, 0.6) is 11.5 Å². The van der Waals surface area contributed by atoms with Crippen molar-refractivity contribution in [1.82, 2.24) is 18.8 Å². The maximum absolute atomic E-state index is 6.73. The first-order chi connectivity index (χ1) is 28.9. The number of imidazole rings is 2. The van der Waals surface area contributed by atoms with E-state index in [1.54, 1.807) is 0 Å². The maximum Gasteiger partial charge on any atom is 2.00 e. The van der Waals surface area contributed by atoms with Gasteiger partial charge in [-0.15, -0.1) is 12.1 Å². The van der Waals surface area contributed by atoms with Crippen molar-refractivity contribution < 1.29 is 25.2 Å². The van der Waals surface area contributed by atoms with Crippen LogP contribution in [0.25, 0.3) is 99.0 Å². The van der Waals surface area contributed by atoms with E-state index in [-0.39, 0.29) is 20.4 Å². The molecule has 0 fully saturated rings. The summed E-state index contributed by atoms with van der Waals surface area (Å²) in [5.74, 6) is 1.19. The van der Waals surface area contributed by atoms with Gasteiger partial charge in [0.05, 0.1) is 33.4 Å². The molecule has 4 aromatic heterocycles. The van der Waals surface area contributed by atoms with Crippen LogP contribution < -0.4 is 4.74 Å². The van der Waals surface area contributed by atoms with Gasteiger partial charge in [-0.05, 0) is 108 Å². The molecule has 0 atom stereocenters. The number of fused-ring (bicyclic) bond motifs is 16. The topological polar surface area (TPSA) is 43.8 Å². The van der Waals surface area contributed by atoms with Gasteiger partial charge in [0, 0.05) is 28.1 Å². The van der Waals surface area contributed by atoms with Crippen LogP contribution in [0.15, 0.2) is 146 Å². The molecule has 0 saturated heterocycles. The van der Waals surface area contributed by atoms with Crippen molar-refractivity contribution in [2.45, 2.75) is 27.7 Å². The van der Waals surface area contributed by atoms with Crippen molar-refractivity contribution in [2.24, 2.45) is 0 Å². The largest absolute Gasteiger partial charge is 2.00 e. The van der Waals surface area contributed by atoms with Crippen LogP contribution >= 0.6 is 0 Å². The van der Waals surface area contributed by atoms with Gasteiger partial charge in [0.15, 0.2) is 0 Å². The average Bonchev–Trinajstić information content (AvgIpc) is 3.84. The summed E-state index contributed by atoms with van der Waals surface area (Å²) in [5, 5.41) is 6.22. The van der Waals surface area contributed by atoms with E-state index in [9.17, 15) is 0 Å². The number of ether oxygens (including phenoxy) is 1. The minimum atomic E-state index is 0. The van der Waals surface area contributed by atoms with E-state index in [0.717, 1.165) is 76.7 Å². The molecule has 12 rings (SSSR count). The Balaban J connectivity index is 0.00000408. The van der Waals surface area contributed by atoms with Gasteiger partial charge in [-0.25, -0.2) is 0 Å². The molecule has 0 bridgehead atoms. The summed E-state index contributed by atoms with van der Waals surface area (Å²) in [7, 11) is 0. The van der Waals surface area contributed by atoms with E-state index in [1.807, 2.05) is 24.3 Å². The molecule has 12 aromatic rings. The van der Waals surface area contributed by atoms with E-state index in [2.05, 4.69) is 170 Å². The molecular weight excluding hydrogens is 827 g/mol. The molecule has 0 N–H and O–H groups in total. The molecule has 0 amide bonds. The summed E-state index contributed by atoms with van der Waals surface area (Å²) in [4.78, 5) is 10.4. The summed E-state index contributed by atoms with van der Waals surface area (Å²) in [6, 6.07) is 58.8. The van der Waals surface area contributed by atoms with E-state index >= 15 is 0 Å². The first-order valence-corrected chi connectivity index (χ1v) is 20.1. The number of aromatic nitrogens is 4.